The number of hydrogen-bond acceptors (Lipinski definition) is 3. The van der Waals surface area contributed by atoms with Crippen LogP contribution in [0.15, 0.2) is 0 Å². The number of carboxylic acids is 1. The molecule has 2 N–H and O–H groups in total. The maximum Gasteiger partial charge on any atom is 0.317 e. The fourth-order valence-corrected chi connectivity index (χ4v) is 1.63. The molecule has 0 aromatic rings. The van der Waals surface area contributed by atoms with E-state index in [1.165, 1.54) is 0 Å². The van der Waals surface area contributed by atoms with Gasteiger partial charge in [0.25, 0.3) is 0 Å². The van der Waals surface area contributed by atoms with E-state index >= 15 is 0 Å². The van der Waals surface area contributed by atoms with E-state index < -0.39 is 5.97 Å². The van der Waals surface area contributed by atoms with Gasteiger partial charge in [0.2, 0.25) is 0 Å². The Bertz CT molecular complexity index is 161. The van der Waals surface area contributed by atoms with Crippen LogP contribution >= 0.6 is 0 Å². The molecular weight excluding hydrogens is 156 g/mol. The molecule has 0 saturated carbocycles. The fraction of sp³-hybridized carbons (Fsp3) is 0.875. The van der Waals surface area contributed by atoms with Crippen LogP contribution in [0.2, 0.25) is 0 Å². The molecule has 70 valence electrons. The van der Waals surface area contributed by atoms with E-state index in [4.69, 9.17) is 5.11 Å². The smallest absolute Gasteiger partial charge is 0.317 e. The number of likely N-dealkylation sites (tertiary alicyclic amines) is 1. The molecule has 1 fully saturated rings. The Balaban J connectivity index is 2.30. The first-order chi connectivity index (χ1) is 5.72. The topological polar surface area (TPSA) is 52.6 Å². The second-order valence-electron chi connectivity index (χ2n) is 3.26. The number of aliphatic carboxylic acids is 1. The van der Waals surface area contributed by atoms with Crippen LogP contribution in [0, 0.1) is 0 Å². The molecule has 1 saturated heterocycles. The first kappa shape index (κ1) is 9.48. The summed E-state index contributed by atoms with van der Waals surface area (Å²) in [6.07, 6.45) is 2.26. The monoisotopic (exact) mass is 172 g/mol. The van der Waals surface area contributed by atoms with Crippen LogP contribution in [0.3, 0.4) is 0 Å². The molecule has 0 radical (unpaired) electrons. The number of piperidine rings is 1. The molecule has 1 aliphatic heterocycles. The fourth-order valence-electron chi connectivity index (χ4n) is 1.63. The number of nitrogens with zero attached hydrogens (tertiary/aromatic N) is 1. The van der Waals surface area contributed by atoms with Crippen LogP contribution in [-0.4, -0.2) is 48.7 Å². The largest absolute Gasteiger partial charge is 0.480 e. The minimum Gasteiger partial charge on any atom is -0.480 e. The molecule has 4 heteroatoms. The number of hydrogen-bond donors (Lipinski definition) is 2. The van der Waals surface area contributed by atoms with E-state index in [1.54, 1.807) is 0 Å². The van der Waals surface area contributed by atoms with Gasteiger partial charge in [-0.2, -0.15) is 0 Å². The molecule has 0 aliphatic carbocycles. The summed E-state index contributed by atoms with van der Waals surface area (Å²) >= 11 is 0. The highest BCUT2D eigenvalue weighted by molar-refractivity contribution is 5.69. The minimum absolute atomic E-state index is 0.179. The van der Waals surface area contributed by atoms with Gasteiger partial charge in [-0.1, -0.05) is 0 Å². The maximum absolute atomic E-state index is 10.4. The zero-order valence-corrected chi connectivity index (χ0v) is 7.42. The highest BCUT2D eigenvalue weighted by atomic mass is 16.4. The lowest BCUT2D eigenvalue weighted by Crippen LogP contribution is -2.46. The second kappa shape index (κ2) is 4.42. The summed E-state index contributed by atoms with van der Waals surface area (Å²) in [7, 11) is 1.93. The number of nitrogens with one attached hydrogen (secondary N) is 1. The van der Waals surface area contributed by atoms with Crippen molar-refractivity contribution >= 4 is 5.97 Å². The van der Waals surface area contributed by atoms with E-state index in [2.05, 4.69) is 5.32 Å². The van der Waals surface area contributed by atoms with Gasteiger partial charge in [-0.05, 0) is 26.4 Å². The van der Waals surface area contributed by atoms with Crippen molar-refractivity contribution in [1.82, 2.24) is 10.2 Å². The highest BCUT2D eigenvalue weighted by Gasteiger charge is 2.19. The van der Waals surface area contributed by atoms with Crippen molar-refractivity contribution in [3.05, 3.63) is 0 Å². The highest BCUT2D eigenvalue weighted by Crippen LogP contribution is 2.08. The maximum atomic E-state index is 10.4. The van der Waals surface area contributed by atoms with Crippen molar-refractivity contribution in [2.24, 2.45) is 0 Å². The molecule has 0 spiro atoms. The normalized spacial score (nSPS) is 25.6. The third-order valence-corrected chi connectivity index (χ3v) is 2.27. The van der Waals surface area contributed by atoms with E-state index in [9.17, 15) is 4.79 Å². The standard InChI is InChI=1S/C8H16N2O2/c1-9-7-3-2-4-10(5-7)6-8(11)12/h7,9H,2-6H2,1H3,(H,11,12). The second-order valence-corrected chi connectivity index (χ2v) is 3.26. The van der Waals surface area contributed by atoms with Crippen molar-refractivity contribution in [1.29, 1.82) is 0 Å². The first-order valence-electron chi connectivity index (χ1n) is 4.34. The van der Waals surface area contributed by atoms with Crippen LogP contribution in [0.5, 0.6) is 0 Å². The van der Waals surface area contributed by atoms with Gasteiger partial charge >= 0.3 is 5.97 Å². The lowest BCUT2D eigenvalue weighted by Gasteiger charge is -2.31. The molecule has 0 amide bonds. The van der Waals surface area contributed by atoms with Crippen LogP contribution in [0.1, 0.15) is 12.8 Å². The lowest BCUT2D eigenvalue weighted by molar-refractivity contribution is -0.138. The van der Waals surface area contributed by atoms with Crippen molar-refractivity contribution < 1.29 is 9.90 Å². The number of carbonyl (C=O) groups is 1. The summed E-state index contributed by atoms with van der Waals surface area (Å²) in [5.41, 5.74) is 0. The van der Waals surface area contributed by atoms with Crippen molar-refractivity contribution in [2.75, 3.05) is 26.7 Å². The van der Waals surface area contributed by atoms with Crippen LogP contribution in [0.25, 0.3) is 0 Å². The minimum atomic E-state index is -0.730. The molecule has 0 aromatic heterocycles. The Morgan fingerprint density at radius 1 is 1.75 bits per heavy atom. The van der Waals surface area contributed by atoms with Crippen molar-refractivity contribution in [3.8, 4) is 0 Å². The van der Waals surface area contributed by atoms with Crippen LogP contribution < -0.4 is 5.32 Å². The molecule has 0 bridgehead atoms. The Morgan fingerprint density at radius 2 is 2.50 bits per heavy atom. The third-order valence-electron chi connectivity index (χ3n) is 2.27. The van der Waals surface area contributed by atoms with Gasteiger partial charge < -0.3 is 10.4 Å². The van der Waals surface area contributed by atoms with E-state index in [0.29, 0.717) is 6.04 Å². The lowest BCUT2D eigenvalue weighted by atomic mass is 10.1. The molecule has 1 aliphatic rings. The molecule has 1 heterocycles. The van der Waals surface area contributed by atoms with E-state index in [0.717, 1.165) is 25.9 Å². The van der Waals surface area contributed by atoms with E-state index in [-0.39, 0.29) is 6.54 Å². The molecule has 0 aromatic carbocycles. The van der Waals surface area contributed by atoms with Gasteiger partial charge in [-0.15, -0.1) is 0 Å². The number of rotatable bonds is 3. The quantitative estimate of drug-likeness (QED) is 0.616. The predicted molar refractivity (Wildman–Crippen MR) is 46.2 cm³/mol. The Morgan fingerprint density at radius 3 is 3.08 bits per heavy atom. The number of carboxylic acid groups (broad SMARTS) is 1. The van der Waals surface area contributed by atoms with Gasteiger partial charge in [0.15, 0.2) is 0 Å². The SMILES string of the molecule is CNC1CCCN(CC(=O)O)C1. The summed E-state index contributed by atoms with van der Waals surface area (Å²) in [4.78, 5) is 12.4. The van der Waals surface area contributed by atoms with Crippen LogP contribution in [0.4, 0.5) is 0 Å². The predicted octanol–water partition coefficient (Wildman–Crippen LogP) is -0.245. The zero-order chi connectivity index (χ0) is 8.97. The third kappa shape index (κ3) is 2.79. The molecule has 1 rings (SSSR count). The molecule has 1 unspecified atom stereocenters. The summed E-state index contributed by atoms with van der Waals surface area (Å²) in [5, 5.41) is 11.7. The summed E-state index contributed by atoms with van der Waals surface area (Å²) in [6, 6.07) is 0.470. The zero-order valence-electron chi connectivity index (χ0n) is 7.42. The van der Waals surface area contributed by atoms with Gasteiger partial charge in [0, 0.05) is 12.6 Å². The average Bonchev–Trinajstić information content (AvgIpc) is 2.03. The van der Waals surface area contributed by atoms with Crippen molar-refractivity contribution in [3.63, 3.8) is 0 Å². The molecule has 12 heavy (non-hydrogen) atoms. The average molecular weight is 172 g/mol. The summed E-state index contributed by atoms with van der Waals surface area (Å²) in [6.45, 7) is 1.96. The van der Waals surface area contributed by atoms with Gasteiger partial charge in [-0.3, -0.25) is 9.69 Å². The number of likely N-dealkylation sites (N-methyl/N-ethyl adjacent to an activating group) is 1. The molecular formula is C8H16N2O2. The Labute approximate surface area is 72.6 Å². The molecule has 4 nitrogen and oxygen atoms in total. The van der Waals surface area contributed by atoms with Crippen molar-refractivity contribution in [2.45, 2.75) is 18.9 Å². The first-order valence-corrected chi connectivity index (χ1v) is 4.34. The summed E-state index contributed by atoms with van der Waals surface area (Å²) < 4.78 is 0. The van der Waals surface area contributed by atoms with Gasteiger partial charge in [-0.25, -0.2) is 0 Å². The summed E-state index contributed by atoms with van der Waals surface area (Å²) in [5.74, 6) is -0.730. The van der Waals surface area contributed by atoms with E-state index in [1.807, 2.05) is 11.9 Å². The van der Waals surface area contributed by atoms with Gasteiger partial charge in [0.1, 0.15) is 0 Å². The van der Waals surface area contributed by atoms with Crippen LogP contribution in [-0.2, 0) is 4.79 Å². The molecule has 1 atom stereocenters. The Kier molecular flexibility index (Phi) is 3.49. The van der Waals surface area contributed by atoms with Gasteiger partial charge in [0.05, 0.1) is 6.54 Å². The Hall–Kier alpha value is -0.610.